The zero-order chi connectivity index (χ0) is 24.2. The van der Waals surface area contributed by atoms with Crippen LogP contribution < -0.4 is 5.32 Å². The van der Waals surface area contributed by atoms with E-state index in [1.54, 1.807) is 12.3 Å². The number of carbonyl (C=O) groups excluding carboxylic acids is 1. The van der Waals surface area contributed by atoms with Crippen LogP contribution in [0.25, 0.3) is 11.3 Å². The molecule has 1 saturated carbocycles. The molecule has 2 aliphatic carbocycles. The normalized spacial score (nSPS) is 23.2. The lowest BCUT2D eigenvalue weighted by molar-refractivity contribution is -0.136. The van der Waals surface area contributed by atoms with Gasteiger partial charge in [-0.05, 0) is 62.1 Å². The molecule has 1 aliphatic heterocycles. The molecule has 3 aliphatic rings. The van der Waals surface area contributed by atoms with Crippen molar-refractivity contribution in [2.24, 2.45) is 17.8 Å². The Balaban J connectivity index is 1.17. The fourth-order valence-electron chi connectivity index (χ4n) is 4.70. The third-order valence-corrected chi connectivity index (χ3v) is 6.90. The van der Waals surface area contributed by atoms with Gasteiger partial charge in [0.15, 0.2) is 0 Å². The summed E-state index contributed by atoms with van der Waals surface area (Å²) in [4.78, 5) is 19.5. The Bertz CT molecular complexity index is 1140. The smallest absolute Gasteiger partial charge is 0.231 e. The number of amides is 1. The predicted octanol–water partition coefficient (Wildman–Crippen LogP) is 4.11. The molecule has 7 heteroatoms. The molecule has 0 bridgehead atoms. The van der Waals surface area contributed by atoms with Crippen molar-refractivity contribution in [3.63, 3.8) is 0 Å². The summed E-state index contributed by atoms with van der Waals surface area (Å²) < 4.78 is 5.85. The minimum absolute atomic E-state index is 0.0277. The predicted molar refractivity (Wildman–Crippen MR) is 133 cm³/mol. The number of anilines is 1. The van der Waals surface area contributed by atoms with Crippen molar-refractivity contribution in [3.8, 4) is 17.3 Å². The van der Waals surface area contributed by atoms with E-state index < -0.39 is 18.1 Å². The Hall–Kier alpha value is -3.63. The first kappa shape index (κ1) is 23.1. The van der Waals surface area contributed by atoms with Gasteiger partial charge >= 0.3 is 0 Å². The Morgan fingerprint density at radius 1 is 1.17 bits per heavy atom. The second-order valence-corrected chi connectivity index (χ2v) is 9.47. The number of carbonyl (C=O) groups is 1. The second kappa shape index (κ2) is 10.3. The van der Waals surface area contributed by atoms with Crippen LogP contribution in [0.5, 0.6) is 0 Å². The summed E-state index contributed by atoms with van der Waals surface area (Å²) in [5, 5.41) is 23.6. The van der Waals surface area contributed by atoms with Gasteiger partial charge in [0.2, 0.25) is 5.91 Å². The molecule has 0 spiro atoms. The lowest BCUT2D eigenvalue weighted by atomic mass is 9.86. The van der Waals surface area contributed by atoms with Gasteiger partial charge < -0.3 is 20.1 Å². The van der Waals surface area contributed by atoms with E-state index in [9.17, 15) is 15.2 Å². The molecule has 2 heterocycles. The number of hydrogen-bond donors (Lipinski definition) is 2. The third-order valence-electron chi connectivity index (χ3n) is 6.90. The maximum atomic E-state index is 13.3. The number of aliphatic hydroxyl groups excluding tert-OH is 1. The van der Waals surface area contributed by atoms with Crippen molar-refractivity contribution in [1.82, 2.24) is 9.88 Å². The molecule has 7 nitrogen and oxygen atoms in total. The van der Waals surface area contributed by atoms with E-state index >= 15 is 0 Å². The van der Waals surface area contributed by atoms with Gasteiger partial charge in [0.05, 0.1) is 29.7 Å². The van der Waals surface area contributed by atoms with Crippen LogP contribution in [0.3, 0.4) is 0 Å². The fourth-order valence-corrected chi connectivity index (χ4v) is 4.70. The van der Waals surface area contributed by atoms with Gasteiger partial charge in [0.1, 0.15) is 12.0 Å². The molecule has 5 rings (SSSR count). The molecular formula is C28H30N4O3. The van der Waals surface area contributed by atoms with Crippen LogP contribution in [-0.4, -0.2) is 46.3 Å². The van der Waals surface area contributed by atoms with E-state index in [2.05, 4.69) is 16.4 Å². The van der Waals surface area contributed by atoms with Crippen molar-refractivity contribution >= 4 is 11.6 Å². The molecule has 0 radical (unpaired) electrons. The first-order chi connectivity index (χ1) is 17.1. The van der Waals surface area contributed by atoms with E-state index in [-0.39, 0.29) is 17.9 Å². The first-order valence-electron chi connectivity index (χ1n) is 12.3. The highest BCUT2D eigenvalue weighted by atomic mass is 16.5. The van der Waals surface area contributed by atoms with E-state index in [1.165, 1.54) is 0 Å². The maximum Gasteiger partial charge on any atom is 0.231 e. The van der Waals surface area contributed by atoms with Crippen LogP contribution in [0.1, 0.15) is 25.7 Å². The Morgan fingerprint density at radius 3 is 2.71 bits per heavy atom. The van der Waals surface area contributed by atoms with Crippen molar-refractivity contribution in [3.05, 3.63) is 72.6 Å². The van der Waals surface area contributed by atoms with Crippen LogP contribution in [-0.2, 0) is 9.53 Å². The highest BCUT2D eigenvalue weighted by molar-refractivity contribution is 5.82. The fraction of sp³-hybridized carbons (Fsp3) is 0.393. The van der Waals surface area contributed by atoms with Crippen molar-refractivity contribution < 1.29 is 14.6 Å². The standard InChI is InChI=1S/C28H30N4O3/c29-18-21-7-8-24(35-23-9-10-23)17-25(21)28(34)32-14-11-19(12-15-32)27(33)31-22-5-3-4-20(16-22)26-6-1-2-13-30-26/h1-8,13,16-17,19,21,23,25,27,31,33H,9-12,14-15H2. The van der Waals surface area contributed by atoms with E-state index in [0.717, 1.165) is 29.8 Å². The summed E-state index contributed by atoms with van der Waals surface area (Å²) in [6.45, 7) is 1.11. The molecule has 3 unspecified atom stereocenters. The largest absolute Gasteiger partial charge is 0.491 e. The molecule has 35 heavy (non-hydrogen) atoms. The lowest BCUT2D eigenvalue weighted by Gasteiger charge is -2.36. The third kappa shape index (κ3) is 5.55. The zero-order valence-electron chi connectivity index (χ0n) is 19.6. The maximum absolute atomic E-state index is 13.3. The topological polar surface area (TPSA) is 98.5 Å². The highest BCUT2D eigenvalue weighted by Crippen LogP contribution is 2.32. The number of allylic oxidation sites excluding steroid dienone is 2. The number of likely N-dealkylation sites (tertiary alicyclic amines) is 1. The highest BCUT2D eigenvalue weighted by Gasteiger charge is 2.35. The molecule has 1 aromatic carbocycles. The molecule has 2 N–H and O–H groups in total. The lowest BCUT2D eigenvalue weighted by Crippen LogP contribution is -2.46. The number of ether oxygens (including phenoxy) is 1. The number of piperidine rings is 1. The number of aromatic nitrogens is 1. The van der Waals surface area contributed by atoms with Crippen LogP contribution in [0, 0.1) is 29.1 Å². The molecule has 180 valence electrons. The summed E-state index contributed by atoms with van der Waals surface area (Å²) in [6, 6.07) is 15.9. The number of rotatable bonds is 7. The quantitative estimate of drug-likeness (QED) is 0.591. The molecule has 1 saturated heterocycles. The molecule has 2 fully saturated rings. The number of hydrogen-bond acceptors (Lipinski definition) is 6. The van der Waals surface area contributed by atoms with Gasteiger partial charge in [0.25, 0.3) is 0 Å². The van der Waals surface area contributed by atoms with Gasteiger partial charge in [-0.2, -0.15) is 5.26 Å². The molecule has 2 aromatic rings. The molecule has 3 atom stereocenters. The van der Waals surface area contributed by atoms with E-state index in [0.29, 0.717) is 31.7 Å². The average Bonchev–Trinajstić information content (AvgIpc) is 3.73. The molecule has 1 amide bonds. The summed E-state index contributed by atoms with van der Waals surface area (Å²) in [5.74, 6) is -0.320. The number of aliphatic hydroxyl groups is 1. The number of nitrogens with one attached hydrogen (secondary N) is 1. The summed E-state index contributed by atoms with van der Waals surface area (Å²) in [7, 11) is 0. The van der Waals surface area contributed by atoms with Crippen LogP contribution >= 0.6 is 0 Å². The summed E-state index contributed by atoms with van der Waals surface area (Å²) in [6.07, 6.45) is 10.2. The van der Waals surface area contributed by atoms with Crippen LogP contribution in [0.2, 0.25) is 0 Å². The number of nitrogens with zero attached hydrogens (tertiary/aromatic N) is 3. The van der Waals surface area contributed by atoms with E-state index in [1.807, 2.05) is 59.5 Å². The van der Waals surface area contributed by atoms with Gasteiger partial charge in [-0.1, -0.05) is 24.3 Å². The Morgan fingerprint density at radius 2 is 2.00 bits per heavy atom. The van der Waals surface area contributed by atoms with E-state index in [4.69, 9.17) is 4.74 Å². The van der Waals surface area contributed by atoms with Gasteiger partial charge in [-0.3, -0.25) is 9.78 Å². The Kier molecular flexibility index (Phi) is 6.82. The number of benzene rings is 1. The molecular weight excluding hydrogens is 440 g/mol. The van der Waals surface area contributed by atoms with Crippen molar-refractivity contribution in [1.29, 1.82) is 5.26 Å². The molecule has 1 aromatic heterocycles. The van der Waals surface area contributed by atoms with Crippen molar-refractivity contribution in [2.75, 3.05) is 18.4 Å². The number of pyridine rings is 1. The average molecular weight is 471 g/mol. The van der Waals surface area contributed by atoms with Crippen LogP contribution in [0.15, 0.2) is 72.6 Å². The minimum atomic E-state index is -0.714. The SMILES string of the molecule is N#CC1C=CC(OC2CC2)=CC1C(=O)N1CCC(C(O)Nc2cccc(-c3ccccn3)c2)CC1. The van der Waals surface area contributed by atoms with Gasteiger partial charge in [-0.15, -0.1) is 0 Å². The minimum Gasteiger partial charge on any atom is -0.491 e. The van der Waals surface area contributed by atoms with Gasteiger partial charge in [0, 0.05) is 36.5 Å². The Labute approximate surface area is 205 Å². The van der Waals surface area contributed by atoms with Gasteiger partial charge in [-0.25, -0.2) is 0 Å². The van der Waals surface area contributed by atoms with Crippen molar-refractivity contribution in [2.45, 2.75) is 38.0 Å². The number of nitriles is 1. The second-order valence-electron chi connectivity index (χ2n) is 9.47. The van der Waals surface area contributed by atoms with Crippen LogP contribution in [0.4, 0.5) is 5.69 Å². The first-order valence-corrected chi connectivity index (χ1v) is 12.3. The zero-order valence-corrected chi connectivity index (χ0v) is 19.6. The monoisotopic (exact) mass is 470 g/mol. The summed E-state index contributed by atoms with van der Waals surface area (Å²) in [5.41, 5.74) is 2.69. The summed E-state index contributed by atoms with van der Waals surface area (Å²) >= 11 is 0.